The van der Waals surface area contributed by atoms with Gasteiger partial charge in [0.2, 0.25) is 0 Å². The van der Waals surface area contributed by atoms with Crippen LogP contribution in [0.1, 0.15) is 38.3 Å². The standard InChI is InChI=1S/C16H23NO2S/c1-15(2)14-10-11-9-12(20(4,18)19)5-6-13(11)16(15,3)7-8-17-14/h5-6,9,14,17H,7-8,10H2,1-4H3/t14-,16+/m1/s1. The lowest BCUT2D eigenvalue weighted by Crippen LogP contribution is -2.62. The van der Waals surface area contributed by atoms with E-state index >= 15 is 0 Å². The van der Waals surface area contributed by atoms with Crippen molar-refractivity contribution in [2.45, 2.75) is 50.0 Å². The van der Waals surface area contributed by atoms with E-state index in [2.05, 4.69) is 32.2 Å². The molecular formula is C16H23NO2S. The van der Waals surface area contributed by atoms with Gasteiger partial charge < -0.3 is 5.32 Å². The van der Waals surface area contributed by atoms with E-state index in [1.54, 1.807) is 6.07 Å². The zero-order valence-corrected chi connectivity index (χ0v) is 13.5. The number of piperidine rings is 1. The number of sulfone groups is 1. The Hall–Kier alpha value is -0.870. The first kappa shape index (κ1) is 14.1. The maximum Gasteiger partial charge on any atom is 0.175 e. The van der Waals surface area contributed by atoms with Crippen molar-refractivity contribution in [2.75, 3.05) is 12.8 Å². The highest BCUT2D eigenvalue weighted by atomic mass is 32.2. The maximum atomic E-state index is 11.8. The molecule has 3 rings (SSSR count). The van der Waals surface area contributed by atoms with Crippen LogP contribution < -0.4 is 5.32 Å². The number of hydrogen-bond acceptors (Lipinski definition) is 3. The molecule has 110 valence electrons. The molecule has 2 bridgehead atoms. The molecule has 1 saturated heterocycles. The normalized spacial score (nSPS) is 31.7. The predicted molar refractivity (Wildman–Crippen MR) is 80.8 cm³/mol. The second kappa shape index (κ2) is 4.08. The summed E-state index contributed by atoms with van der Waals surface area (Å²) in [6, 6.07) is 6.13. The van der Waals surface area contributed by atoms with Gasteiger partial charge in [0.15, 0.2) is 9.84 Å². The first-order valence-electron chi connectivity index (χ1n) is 7.23. The minimum Gasteiger partial charge on any atom is -0.313 e. The first-order valence-corrected chi connectivity index (χ1v) is 9.12. The van der Waals surface area contributed by atoms with Gasteiger partial charge in [0.05, 0.1) is 4.90 Å². The topological polar surface area (TPSA) is 46.2 Å². The van der Waals surface area contributed by atoms with Gasteiger partial charge in [0.1, 0.15) is 0 Å². The second-order valence-corrected chi connectivity index (χ2v) is 9.12. The molecular weight excluding hydrogens is 270 g/mol. The summed E-state index contributed by atoms with van der Waals surface area (Å²) in [4.78, 5) is 0.442. The largest absolute Gasteiger partial charge is 0.313 e. The SMILES string of the molecule is CC1(C)[C@H]2Cc3cc(S(C)(=O)=O)ccc3[C@]1(C)CCN2. The van der Waals surface area contributed by atoms with Gasteiger partial charge in [-0.25, -0.2) is 8.42 Å². The van der Waals surface area contributed by atoms with Crippen molar-refractivity contribution in [3.8, 4) is 0 Å². The van der Waals surface area contributed by atoms with Crippen LogP contribution in [0.2, 0.25) is 0 Å². The molecule has 0 aromatic heterocycles. The molecule has 1 aromatic rings. The van der Waals surface area contributed by atoms with Crippen LogP contribution in [0.3, 0.4) is 0 Å². The van der Waals surface area contributed by atoms with Crippen molar-refractivity contribution in [2.24, 2.45) is 5.41 Å². The molecule has 0 unspecified atom stereocenters. The quantitative estimate of drug-likeness (QED) is 0.864. The third-order valence-electron chi connectivity index (χ3n) is 5.83. The Morgan fingerprint density at radius 3 is 2.60 bits per heavy atom. The van der Waals surface area contributed by atoms with Crippen LogP contribution in [0.4, 0.5) is 0 Å². The molecule has 0 spiro atoms. The summed E-state index contributed by atoms with van der Waals surface area (Å²) in [5.41, 5.74) is 2.84. The average Bonchev–Trinajstić information content (AvgIpc) is 2.31. The maximum absolute atomic E-state index is 11.8. The molecule has 1 aromatic carbocycles. The Bertz CT molecular complexity index is 663. The number of rotatable bonds is 1. The zero-order valence-electron chi connectivity index (χ0n) is 12.7. The Kier molecular flexibility index (Phi) is 2.87. The molecule has 1 N–H and O–H groups in total. The monoisotopic (exact) mass is 293 g/mol. The second-order valence-electron chi connectivity index (χ2n) is 7.11. The van der Waals surface area contributed by atoms with E-state index in [4.69, 9.17) is 0 Å². The predicted octanol–water partition coefficient (Wildman–Crippen LogP) is 2.29. The highest BCUT2D eigenvalue weighted by molar-refractivity contribution is 7.90. The van der Waals surface area contributed by atoms with Crippen LogP contribution in [0.5, 0.6) is 0 Å². The third-order valence-corrected chi connectivity index (χ3v) is 6.94. The lowest BCUT2D eigenvalue weighted by atomic mass is 9.51. The summed E-state index contributed by atoms with van der Waals surface area (Å²) in [6.45, 7) is 8.03. The van der Waals surface area contributed by atoms with E-state index in [1.807, 2.05) is 6.07 Å². The summed E-state index contributed by atoms with van der Waals surface area (Å²) in [7, 11) is -3.13. The van der Waals surface area contributed by atoms with E-state index in [0.717, 1.165) is 19.4 Å². The fourth-order valence-electron chi connectivity index (χ4n) is 4.00. The van der Waals surface area contributed by atoms with Gasteiger partial charge in [-0.2, -0.15) is 0 Å². The number of fused-ring (bicyclic) bond motifs is 4. The number of benzene rings is 1. The molecule has 2 aliphatic rings. The smallest absolute Gasteiger partial charge is 0.175 e. The lowest BCUT2D eigenvalue weighted by molar-refractivity contribution is 0.0558. The van der Waals surface area contributed by atoms with Gasteiger partial charge in [0, 0.05) is 17.7 Å². The summed E-state index contributed by atoms with van der Waals surface area (Å²) in [6.07, 6.45) is 3.30. The highest BCUT2D eigenvalue weighted by Crippen LogP contribution is 2.53. The van der Waals surface area contributed by atoms with Crippen molar-refractivity contribution in [1.29, 1.82) is 0 Å². The summed E-state index contributed by atoms with van der Waals surface area (Å²) < 4.78 is 23.5. The fourth-order valence-corrected chi connectivity index (χ4v) is 4.67. The van der Waals surface area contributed by atoms with Gasteiger partial charge in [-0.05, 0) is 48.1 Å². The molecule has 0 saturated carbocycles. The number of hydrogen-bond donors (Lipinski definition) is 1. The van der Waals surface area contributed by atoms with E-state index in [0.29, 0.717) is 10.9 Å². The molecule has 1 fully saturated rings. The van der Waals surface area contributed by atoms with Crippen LogP contribution in [0.15, 0.2) is 23.1 Å². The van der Waals surface area contributed by atoms with E-state index in [9.17, 15) is 8.42 Å². The molecule has 20 heavy (non-hydrogen) atoms. The Labute approximate surface area is 121 Å². The fraction of sp³-hybridized carbons (Fsp3) is 0.625. The van der Waals surface area contributed by atoms with Crippen molar-refractivity contribution in [3.05, 3.63) is 29.3 Å². The van der Waals surface area contributed by atoms with Crippen LogP contribution in [0, 0.1) is 5.41 Å². The lowest BCUT2D eigenvalue weighted by Gasteiger charge is -2.57. The van der Waals surface area contributed by atoms with E-state index in [1.165, 1.54) is 17.4 Å². The van der Waals surface area contributed by atoms with Gasteiger partial charge in [-0.1, -0.05) is 26.8 Å². The summed E-state index contributed by atoms with van der Waals surface area (Å²) in [5.74, 6) is 0. The average molecular weight is 293 g/mol. The molecule has 4 heteroatoms. The van der Waals surface area contributed by atoms with Crippen LogP contribution in [-0.2, 0) is 21.7 Å². The van der Waals surface area contributed by atoms with Gasteiger partial charge in [-0.3, -0.25) is 0 Å². The van der Waals surface area contributed by atoms with Crippen molar-refractivity contribution in [1.82, 2.24) is 5.32 Å². The molecule has 0 amide bonds. The minimum absolute atomic E-state index is 0.118. The van der Waals surface area contributed by atoms with Crippen LogP contribution >= 0.6 is 0 Å². The van der Waals surface area contributed by atoms with Gasteiger partial charge in [0.25, 0.3) is 0 Å². The third kappa shape index (κ3) is 1.77. The Balaban J connectivity index is 2.20. The van der Waals surface area contributed by atoms with Crippen molar-refractivity contribution >= 4 is 9.84 Å². The van der Waals surface area contributed by atoms with Gasteiger partial charge >= 0.3 is 0 Å². The van der Waals surface area contributed by atoms with Crippen molar-refractivity contribution < 1.29 is 8.42 Å². The molecule has 1 aliphatic heterocycles. The molecule has 1 heterocycles. The van der Waals surface area contributed by atoms with E-state index < -0.39 is 9.84 Å². The summed E-state index contributed by atoms with van der Waals surface area (Å²) >= 11 is 0. The minimum atomic E-state index is -3.13. The van der Waals surface area contributed by atoms with Crippen LogP contribution in [-0.4, -0.2) is 27.3 Å². The van der Waals surface area contributed by atoms with Gasteiger partial charge in [-0.15, -0.1) is 0 Å². The molecule has 2 atom stereocenters. The molecule has 1 aliphatic carbocycles. The Morgan fingerprint density at radius 2 is 1.95 bits per heavy atom. The highest BCUT2D eigenvalue weighted by Gasteiger charge is 2.53. The summed E-state index contributed by atoms with van der Waals surface area (Å²) in [5, 5.41) is 3.62. The molecule has 0 radical (unpaired) electrons. The number of nitrogens with one attached hydrogen (secondary N) is 1. The first-order chi connectivity index (χ1) is 9.16. The zero-order chi connectivity index (χ0) is 14.8. The van der Waals surface area contributed by atoms with E-state index in [-0.39, 0.29) is 10.8 Å². The van der Waals surface area contributed by atoms with Crippen molar-refractivity contribution in [3.63, 3.8) is 0 Å². The Morgan fingerprint density at radius 1 is 1.25 bits per heavy atom. The van der Waals surface area contributed by atoms with Crippen LogP contribution in [0.25, 0.3) is 0 Å². The molecule has 3 nitrogen and oxygen atoms in total.